The number of aryl methyl sites for hydroxylation is 2. The van der Waals surface area contributed by atoms with Crippen molar-refractivity contribution >= 4 is 127 Å². The molecule has 3 nitrogen and oxygen atoms in total. The Labute approximate surface area is 432 Å². The van der Waals surface area contributed by atoms with Crippen LogP contribution in [0.4, 0.5) is 50.5 Å². The topological polar surface area (TPSA) is 9.72 Å². The Bertz CT molecular complexity index is 3910. The maximum atomic E-state index is 2.63. The molecule has 0 saturated heterocycles. The molecule has 2 aromatic heterocycles. The molecule has 13 rings (SSSR count). The molecule has 9 aromatic carbocycles. The van der Waals surface area contributed by atoms with Crippen LogP contribution in [0.1, 0.15) is 63.8 Å². The number of para-hydroxylation sites is 2. The molecule has 0 aliphatic carbocycles. The number of hydrogen-bond acceptors (Lipinski definition) is 5. The molecule has 0 atom stereocenters. The summed E-state index contributed by atoms with van der Waals surface area (Å²) in [5.74, 6) is 0. The Morgan fingerprint density at radius 1 is 0.444 bits per heavy atom. The summed E-state index contributed by atoms with van der Waals surface area (Å²) >= 11 is 3.81. The number of benzene rings is 9. The van der Waals surface area contributed by atoms with Gasteiger partial charge in [0, 0.05) is 64.7 Å². The summed E-state index contributed by atoms with van der Waals surface area (Å²) in [6, 6.07) is 73.2. The van der Waals surface area contributed by atoms with Gasteiger partial charge in [-0.3, -0.25) is 0 Å². The summed E-state index contributed by atoms with van der Waals surface area (Å²) in [5, 5.41) is 5.25. The van der Waals surface area contributed by atoms with Gasteiger partial charge in [-0.15, -0.1) is 22.7 Å². The maximum absolute atomic E-state index is 2.63. The van der Waals surface area contributed by atoms with Gasteiger partial charge in [-0.05, 0) is 153 Å². The van der Waals surface area contributed by atoms with Crippen molar-refractivity contribution < 1.29 is 0 Å². The largest absolute Gasteiger partial charge is 0.311 e. The normalized spacial score (nSPS) is 13.2. The lowest BCUT2D eigenvalue weighted by Gasteiger charge is -2.45. The molecule has 0 N–H and O–H groups in total. The van der Waals surface area contributed by atoms with Crippen LogP contribution in [0.5, 0.6) is 0 Å². The molecule has 72 heavy (non-hydrogen) atoms. The molecule has 0 amide bonds. The predicted octanol–water partition coefficient (Wildman–Crippen LogP) is 17.7. The third-order valence-electron chi connectivity index (χ3n) is 15.2. The molecular weight excluding hydrogens is 910 g/mol. The van der Waals surface area contributed by atoms with E-state index >= 15 is 0 Å². The fraction of sp³-hybridized carbons (Fsp3) is 0.152. The van der Waals surface area contributed by atoms with Gasteiger partial charge in [-0.2, -0.15) is 0 Å². The first-order valence-corrected chi connectivity index (χ1v) is 26.9. The van der Waals surface area contributed by atoms with Crippen LogP contribution in [0.3, 0.4) is 0 Å². The lowest BCUT2D eigenvalue weighted by Crippen LogP contribution is -2.61. The van der Waals surface area contributed by atoms with Crippen molar-refractivity contribution in [3.8, 4) is 11.1 Å². The zero-order valence-corrected chi connectivity index (χ0v) is 43.8. The Morgan fingerprint density at radius 3 is 1.72 bits per heavy atom. The number of anilines is 9. The first-order chi connectivity index (χ1) is 34.8. The van der Waals surface area contributed by atoms with E-state index in [-0.39, 0.29) is 17.5 Å². The van der Waals surface area contributed by atoms with Gasteiger partial charge in [-0.1, -0.05) is 163 Å². The van der Waals surface area contributed by atoms with Gasteiger partial charge in [0.15, 0.2) is 0 Å². The van der Waals surface area contributed by atoms with Crippen LogP contribution in [-0.4, -0.2) is 6.71 Å². The lowest BCUT2D eigenvalue weighted by atomic mass is 9.33. The van der Waals surface area contributed by atoms with Crippen molar-refractivity contribution in [2.75, 3.05) is 14.7 Å². The summed E-state index contributed by atoms with van der Waals surface area (Å²) in [6.07, 6.45) is 0. The van der Waals surface area contributed by atoms with Crippen molar-refractivity contribution in [2.45, 2.75) is 66.2 Å². The number of hydrogen-bond donors (Lipinski definition) is 0. The van der Waals surface area contributed by atoms with Gasteiger partial charge in [0.1, 0.15) is 0 Å². The highest BCUT2D eigenvalue weighted by atomic mass is 32.1. The van der Waals surface area contributed by atoms with Crippen molar-refractivity contribution in [1.29, 1.82) is 0 Å². The summed E-state index contributed by atoms with van der Waals surface area (Å²) in [4.78, 5) is 7.67. The highest BCUT2D eigenvalue weighted by molar-refractivity contribution is 7.27. The molecule has 0 fully saturated rings. The quantitative estimate of drug-likeness (QED) is 0.154. The fourth-order valence-electron chi connectivity index (χ4n) is 11.6. The lowest BCUT2D eigenvalue weighted by molar-refractivity contribution is 0.590. The molecule has 4 heterocycles. The van der Waals surface area contributed by atoms with Crippen molar-refractivity contribution in [2.24, 2.45) is 0 Å². The molecule has 2 aliphatic heterocycles. The number of rotatable bonds is 6. The minimum absolute atomic E-state index is 0.00837. The van der Waals surface area contributed by atoms with Crippen molar-refractivity contribution in [3.05, 3.63) is 216 Å². The summed E-state index contributed by atoms with van der Waals surface area (Å²) < 4.78 is 3.96. The molecule has 0 spiro atoms. The number of fused-ring (bicyclic) bond motifs is 9. The Morgan fingerprint density at radius 2 is 1.03 bits per heavy atom. The summed E-state index contributed by atoms with van der Waals surface area (Å²) in [6.45, 7) is 18.5. The molecule has 11 aromatic rings. The molecule has 350 valence electrons. The molecule has 0 radical (unpaired) electrons. The van der Waals surface area contributed by atoms with Crippen molar-refractivity contribution in [3.63, 3.8) is 0 Å². The standard InChI is InChI=1S/C66H56BN3S2/c1-41-18-16-19-42(2)62(41)70-55-40-49(68(46-20-10-9-11-21-46)47-32-28-43(29-33-47)50-24-17-25-52-51-22-12-14-26-58(51)71-63(50)52)36-37-54(55)67-60-53-23-13-15-27-59(53)72-64(60)69(48-34-30-44(31-35-48)65(3,4)5)56-38-45(66(6,7)8)39-57(70)61(56)67/h9-40H,1-8H3. The Kier molecular flexibility index (Phi) is 10.3. The molecule has 2 aliphatic rings. The first-order valence-electron chi connectivity index (χ1n) is 25.3. The Balaban J connectivity index is 1.05. The van der Waals surface area contributed by atoms with E-state index in [2.05, 4.69) is 264 Å². The predicted molar refractivity (Wildman–Crippen MR) is 316 cm³/mol. The van der Waals surface area contributed by atoms with Gasteiger partial charge >= 0.3 is 0 Å². The van der Waals surface area contributed by atoms with E-state index in [1.54, 1.807) is 0 Å². The zero-order chi connectivity index (χ0) is 49.2. The highest BCUT2D eigenvalue weighted by Crippen LogP contribution is 2.51. The van der Waals surface area contributed by atoms with E-state index in [1.165, 1.54) is 113 Å². The second-order valence-corrected chi connectivity index (χ2v) is 24.0. The average molecular weight is 966 g/mol. The third kappa shape index (κ3) is 7.05. The molecule has 0 saturated carbocycles. The van der Waals surface area contributed by atoms with Crippen LogP contribution in [0.15, 0.2) is 194 Å². The minimum atomic E-state index is -0.128. The van der Waals surface area contributed by atoms with Gasteiger partial charge < -0.3 is 14.7 Å². The molecule has 0 unspecified atom stereocenters. The van der Waals surface area contributed by atoms with Gasteiger partial charge in [0.05, 0.1) is 10.7 Å². The smallest absolute Gasteiger partial charge is 0.254 e. The van der Waals surface area contributed by atoms with Crippen LogP contribution in [0, 0.1) is 13.8 Å². The monoisotopic (exact) mass is 965 g/mol. The second kappa shape index (κ2) is 16.6. The average Bonchev–Trinajstić information content (AvgIpc) is 3.96. The van der Waals surface area contributed by atoms with E-state index in [9.17, 15) is 0 Å². The van der Waals surface area contributed by atoms with Gasteiger partial charge in [0.25, 0.3) is 6.71 Å². The third-order valence-corrected chi connectivity index (χ3v) is 17.6. The van der Waals surface area contributed by atoms with E-state index < -0.39 is 0 Å². The first kappa shape index (κ1) is 44.6. The van der Waals surface area contributed by atoms with Crippen molar-refractivity contribution in [1.82, 2.24) is 0 Å². The summed E-state index contributed by atoms with van der Waals surface area (Å²) in [7, 11) is 0. The van der Waals surface area contributed by atoms with Gasteiger partial charge in [0.2, 0.25) is 0 Å². The second-order valence-electron chi connectivity index (χ2n) is 21.9. The van der Waals surface area contributed by atoms with E-state index in [0.717, 1.165) is 17.1 Å². The van der Waals surface area contributed by atoms with Crippen LogP contribution in [-0.2, 0) is 10.8 Å². The maximum Gasteiger partial charge on any atom is 0.254 e. The van der Waals surface area contributed by atoms with E-state index in [4.69, 9.17) is 0 Å². The summed E-state index contributed by atoms with van der Waals surface area (Å²) in [5.41, 5.74) is 21.0. The molecular formula is C66H56BN3S2. The van der Waals surface area contributed by atoms with Crippen LogP contribution < -0.4 is 31.1 Å². The highest BCUT2D eigenvalue weighted by Gasteiger charge is 2.46. The molecule has 0 bridgehead atoms. The van der Waals surface area contributed by atoms with Crippen LogP contribution in [0.25, 0.3) is 41.4 Å². The van der Waals surface area contributed by atoms with Gasteiger partial charge in [-0.25, -0.2) is 0 Å². The van der Waals surface area contributed by atoms with E-state index in [0.29, 0.717) is 0 Å². The van der Waals surface area contributed by atoms with Crippen LogP contribution >= 0.6 is 22.7 Å². The zero-order valence-electron chi connectivity index (χ0n) is 42.2. The van der Waals surface area contributed by atoms with Crippen LogP contribution in [0.2, 0.25) is 0 Å². The number of nitrogens with zero attached hydrogens (tertiary/aromatic N) is 3. The minimum Gasteiger partial charge on any atom is -0.311 e. The Hall–Kier alpha value is -7.38. The molecule has 6 heteroatoms. The number of thiophene rings is 2. The SMILES string of the molecule is Cc1cccc(C)c1N1c2cc(N(c3ccccc3)c3ccc(-c4cccc5c4sc4ccccc45)cc3)ccc2B2c3c(cc(C(C)(C)C)cc31)N(c1ccc(C(C)(C)C)cc1)c1sc3ccccc3c12. The van der Waals surface area contributed by atoms with E-state index in [1.807, 2.05) is 22.7 Å². The fourth-order valence-corrected chi connectivity index (χ4v) is 14.1.